The van der Waals surface area contributed by atoms with E-state index in [4.69, 9.17) is 15.0 Å². The topological polar surface area (TPSA) is 48.5 Å². The lowest BCUT2D eigenvalue weighted by Gasteiger charge is -2.38. The van der Waals surface area contributed by atoms with Gasteiger partial charge in [0.15, 0.2) is 17.3 Å². The maximum Gasteiger partial charge on any atom is 0.165 e. The molecule has 4 heterocycles. The molecular formula is C55H35N5. The van der Waals surface area contributed by atoms with E-state index in [-0.39, 0.29) is 11.8 Å². The maximum absolute atomic E-state index is 5.46. The van der Waals surface area contributed by atoms with E-state index in [2.05, 4.69) is 179 Å². The van der Waals surface area contributed by atoms with Crippen LogP contribution in [-0.2, 0) is 0 Å². The summed E-state index contributed by atoms with van der Waals surface area (Å²) in [6.07, 6.45) is 11.1. The molecule has 6 aromatic carbocycles. The molecule has 3 aliphatic carbocycles. The van der Waals surface area contributed by atoms with Gasteiger partial charge < -0.3 is 4.57 Å². The van der Waals surface area contributed by atoms with Gasteiger partial charge in [-0.3, -0.25) is 4.57 Å². The van der Waals surface area contributed by atoms with Crippen LogP contribution in [-0.4, -0.2) is 24.1 Å². The Morgan fingerprint density at radius 1 is 0.517 bits per heavy atom. The molecule has 0 N–H and O–H groups in total. The minimum Gasteiger partial charge on any atom is -0.309 e. The van der Waals surface area contributed by atoms with Crippen LogP contribution >= 0.6 is 0 Å². The number of pyridine rings is 1. The summed E-state index contributed by atoms with van der Waals surface area (Å²) in [5.74, 6) is 1.68. The Balaban J connectivity index is 1.20. The second kappa shape index (κ2) is 12.8. The Labute approximate surface area is 345 Å². The number of nitrogens with zero attached hydrogens (tertiary/aromatic N) is 5. The molecule has 280 valence electrons. The van der Waals surface area contributed by atoms with Crippen molar-refractivity contribution in [3.63, 3.8) is 0 Å². The highest BCUT2D eigenvalue weighted by atomic mass is 15.1. The fourth-order valence-electron chi connectivity index (χ4n) is 10.3. The van der Waals surface area contributed by atoms with Crippen LogP contribution in [0.15, 0.2) is 200 Å². The van der Waals surface area contributed by atoms with Gasteiger partial charge in [-0.15, -0.1) is 0 Å². The summed E-state index contributed by atoms with van der Waals surface area (Å²) in [7, 11) is 0. The summed E-state index contributed by atoms with van der Waals surface area (Å²) in [5.41, 5.74) is 15.1. The molecule has 0 fully saturated rings. The molecule has 0 spiro atoms. The van der Waals surface area contributed by atoms with Gasteiger partial charge in [0.2, 0.25) is 0 Å². The molecule has 2 unspecified atom stereocenters. The second-order valence-electron chi connectivity index (χ2n) is 15.9. The summed E-state index contributed by atoms with van der Waals surface area (Å²) in [4.78, 5) is 15.3. The van der Waals surface area contributed by atoms with Crippen molar-refractivity contribution in [1.82, 2.24) is 24.1 Å². The summed E-state index contributed by atoms with van der Waals surface area (Å²) < 4.78 is 4.92. The van der Waals surface area contributed by atoms with E-state index >= 15 is 0 Å². The van der Waals surface area contributed by atoms with Crippen molar-refractivity contribution in [3.05, 3.63) is 222 Å². The van der Waals surface area contributed by atoms with Gasteiger partial charge in [0.25, 0.3) is 0 Å². The van der Waals surface area contributed by atoms with Crippen LogP contribution in [0.4, 0.5) is 0 Å². The zero-order valence-corrected chi connectivity index (χ0v) is 32.4. The largest absolute Gasteiger partial charge is 0.309 e. The van der Waals surface area contributed by atoms with E-state index in [1.807, 2.05) is 30.5 Å². The molecule has 13 rings (SSSR count). The molecule has 3 aliphatic rings. The molecular weight excluding hydrogens is 731 g/mol. The number of aromatic nitrogens is 5. The van der Waals surface area contributed by atoms with Gasteiger partial charge >= 0.3 is 0 Å². The van der Waals surface area contributed by atoms with Crippen molar-refractivity contribution >= 4 is 44.0 Å². The third-order valence-corrected chi connectivity index (χ3v) is 12.8. The van der Waals surface area contributed by atoms with Gasteiger partial charge in [-0.05, 0) is 64.2 Å². The zero-order chi connectivity index (χ0) is 39.3. The van der Waals surface area contributed by atoms with Crippen LogP contribution in [0.1, 0.15) is 17.0 Å². The first-order chi connectivity index (χ1) is 29.8. The van der Waals surface area contributed by atoms with Gasteiger partial charge in [-0.2, -0.15) is 0 Å². The highest BCUT2D eigenvalue weighted by Crippen LogP contribution is 2.55. The van der Waals surface area contributed by atoms with Crippen molar-refractivity contribution in [2.75, 3.05) is 0 Å². The lowest BCUT2D eigenvalue weighted by molar-refractivity contribution is 0.715. The number of rotatable bonds is 4. The minimum absolute atomic E-state index is 0.0834. The minimum atomic E-state index is 0.0834. The van der Waals surface area contributed by atoms with Crippen molar-refractivity contribution in [2.24, 2.45) is 5.92 Å². The van der Waals surface area contributed by atoms with E-state index < -0.39 is 0 Å². The number of para-hydroxylation sites is 2. The molecule has 0 saturated heterocycles. The molecule has 4 aromatic heterocycles. The van der Waals surface area contributed by atoms with Gasteiger partial charge in [0.05, 0.1) is 27.5 Å². The number of allylic oxidation sites excluding steroid dienone is 4. The molecule has 5 nitrogen and oxygen atoms in total. The summed E-state index contributed by atoms with van der Waals surface area (Å²) >= 11 is 0. The first-order valence-electron chi connectivity index (χ1n) is 20.6. The first-order valence-corrected chi connectivity index (χ1v) is 20.6. The van der Waals surface area contributed by atoms with Crippen molar-refractivity contribution in [3.8, 4) is 45.3 Å². The molecule has 5 heteroatoms. The van der Waals surface area contributed by atoms with Gasteiger partial charge in [-0.25, -0.2) is 15.0 Å². The van der Waals surface area contributed by atoms with Crippen LogP contribution in [0.3, 0.4) is 0 Å². The predicted molar refractivity (Wildman–Crippen MR) is 243 cm³/mol. The summed E-state index contributed by atoms with van der Waals surface area (Å²) in [6, 6.07) is 61.0. The van der Waals surface area contributed by atoms with Crippen molar-refractivity contribution in [1.29, 1.82) is 0 Å². The Kier molecular flexibility index (Phi) is 7.07. The van der Waals surface area contributed by atoms with Crippen molar-refractivity contribution in [2.45, 2.75) is 5.92 Å². The van der Waals surface area contributed by atoms with Crippen LogP contribution in [0.25, 0.3) is 89.3 Å². The van der Waals surface area contributed by atoms with E-state index in [1.165, 1.54) is 65.8 Å². The Morgan fingerprint density at radius 3 is 2.00 bits per heavy atom. The fraction of sp³-hybridized carbons (Fsp3) is 0.0364. The Morgan fingerprint density at radius 2 is 1.18 bits per heavy atom. The second-order valence-corrected chi connectivity index (χ2v) is 15.9. The van der Waals surface area contributed by atoms with E-state index in [0.717, 1.165) is 33.7 Å². The smallest absolute Gasteiger partial charge is 0.165 e. The standard InChI is InChI=1S/C55H35N5/c1-3-16-34(17-4-1)35-29-31-37(32-30-35)59-45-27-13-11-24-42(45)48-50-47(38-20-7-9-22-40(38)51(48)59)39-21-8-10-23-41(39)52-49(50)43-25-12-14-28-46(43)60(52)55-44-26-15-33-56-54(44)57-53(58-55)36-18-5-2-6-19-36/h1-33,38,47H. The SMILES string of the molecule is C1=CC2=c3c(c4ccccc4n3-c3ccc(-c4ccccc4)cc3)=C3c4c(n(-c5nc(-c6ccccc6)nc6ncccc56)c5ccccc45)-c4ccccc4C3C2C=C1. The maximum atomic E-state index is 5.46. The average Bonchev–Trinajstić information content (AvgIpc) is 3.86. The number of hydrogen-bond donors (Lipinski definition) is 0. The Bertz CT molecular complexity index is 3590. The monoisotopic (exact) mass is 765 g/mol. The molecule has 0 aliphatic heterocycles. The van der Waals surface area contributed by atoms with E-state index in [9.17, 15) is 0 Å². The predicted octanol–water partition coefficient (Wildman–Crippen LogP) is 11.1. The molecule has 60 heavy (non-hydrogen) atoms. The molecule has 2 atom stereocenters. The van der Waals surface area contributed by atoms with Gasteiger partial charge in [0.1, 0.15) is 0 Å². The van der Waals surface area contributed by atoms with E-state index in [0.29, 0.717) is 11.5 Å². The Hall–Kier alpha value is -7.89. The van der Waals surface area contributed by atoms with Crippen LogP contribution in [0.5, 0.6) is 0 Å². The van der Waals surface area contributed by atoms with E-state index in [1.54, 1.807) is 0 Å². The number of fused-ring (bicyclic) bond motifs is 14. The normalized spacial score (nSPS) is 16.1. The lowest BCUT2D eigenvalue weighted by Crippen LogP contribution is -2.42. The quantitative estimate of drug-likeness (QED) is 0.179. The molecule has 0 bridgehead atoms. The fourth-order valence-corrected chi connectivity index (χ4v) is 10.3. The van der Waals surface area contributed by atoms with Gasteiger partial charge in [0, 0.05) is 56.4 Å². The third kappa shape index (κ3) is 4.66. The average molecular weight is 766 g/mol. The number of hydrogen-bond acceptors (Lipinski definition) is 3. The summed E-state index contributed by atoms with van der Waals surface area (Å²) in [5, 5.41) is 5.91. The molecule has 0 saturated carbocycles. The summed E-state index contributed by atoms with van der Waals surface area (Å²) in [6.45, 7) is 0. The van der Waals surface area contributed by atoms with Crippen LogP contribution in [0, 0.1) is 5.92 Å². The highest BCUT2D eigenvalue weighted by molar-refractivity contribution is 6.09. The van der Waals surface area contributed by atoms with Crippen molar-refractivity contribution < 1.29 is 0 Å². The lowest BCUT2D eigenvalue weighted by atomic mass is 9.65. The molecule has 0 radical (unpaired) electrons. The van der Waals surface area contributed by atoms with Crippen LogP contribution < -0.4 is 10.6 Å². The third-order valence-electron chi connectivity index (χ3n) is 12.8. The van der Waals surface area contributed by atoms with Crippen LogP contribution in [0.2, 0.25) is 0 Å². The van der Waals surface area contributed by atoms with Gasteiger partial charge in [-0.1, -0.05) is 158 Å². The molecule has 0 amide bonds. The zero-order valence-electron chi connectivity index (χ0n) is 32.4. The number of benzene rings is 6. The highest BCUT2D eigenvalue weighted by Gasteiger charge is 2.42. The molecule has 10 aromatic rings. The first kappa shape index (κ1) is 33.1.